The largest absolute Gasteiger partial charge is 0.491 e. The Bertz CT molecular complexity index is 2520. The zero-order chi connectivity index (χ0) is 41.9. The maximum Gasteiger partial charge on any atom is 0.324 e. The summed E-state index contributed by atoms with van der Waals surface area (Å²) in [6.07, 6.45) is 4.38. The molecule has 4 N–H and O–H groups in total. The van der Waals surface area contributed by atoms with Crippen molar-refractivity contribution in [3.8, 4) is 17.6 Å². The third kappa shape index (κ3) is 7.39. The van der Waals surface area contributed by atoms with Crippen LogP contribution in [0.25, 0.3) is 0 Å². The maximum atomic E-state index is 15.5. The van der Waals surface area contributed by atoms with E-state index in [9.17, 15) is 10.2 Å². The fourth-order valence-electron chi connectivity index (χ4n) is 9.81. The highest BCUT2D eigenvalue weighted by Gasteiger charge is 2.74. The van der Waals surface area contributed by atoms with Gasteiger partial charge in [0.15, 0.2) is 0 Å². The van der Waals surface area contributed by atoms with Crippen LogP contribution >= 0.6 is 0 Å². The Kier molecular flexibility index (Phi) is 11.3. The van der Waals surface area contributed by atoms with Crippen LogP contribution in [0.2, 0.25) is 0 Å². The monoisotopic (exact) mass is 813 g/mol. The molecule has 2 fully saturated rings. The Labute approximate surface area is 355 Å². The number of nitrogens with one attached hydrogen (secondary N) is 2. The highest BCUT2D eigenvalue weighted by atomic mass is 16.6. The number of amides is 2. The smallest absolute Gasteiger partial charge is 0.324 e. The first-order valence-corrected chi connectivity index (χ1v) is 21.0. The summed E-state index contributed by atoms with van der Waals surface area (Å²) >= 11 is 0. The molecule has 0 unspecified atom stereocenters. The van der Waals surface area contributed by atoms with Crippen LogP contribution in [0.15, 0.2) is 145 Å². The van der Waals surface area contributed by atoms with Crippen LogP contribution in [-0.4, -0.2) is 58.7 Å². The Hall–Kier alpha value is -6.51. The molecule has 2 amide bonds. The first kappa shape index (κ1) is 39.9. The van der Waals surface area contributed by atoms with Crippen LogP contribution in [0, 0.1) is 17.8 Å². The van der Waals surface area contributed by atoms with Crippen LogP contribution in [0.4, 0.5) is 5.69 Å². The zero-order valence-electron chi connectivity index (χ0n) is 33.6. The van der Waals surface area contributed by atoms with E-state index in [2.05, 4.69) is 28.6 Å². The number of ether oxygens (including phenoxy) is 2. The lowest BCUT2D eigenvalue weighted by Gasteiger charge is -2.46. The van der Waals surface area contributed by atoms with Gasteiger partial charge in [-0.05, 0) is 89.4 Å². The number of benzene rings is 5. The van der Waals surface area contributed by atoms with Crippen molar-refractivity contribution in [2.24, 2.45) is 5.92 Å². The lowest BCUT2D eigenvalue weighted by atomic mass is 9.65. The van der Waals surface area contributed by atoms with Crippen molar-refractivity contribution in [3.05, 3.63) is 178 Å². The quantitative estimate of drug-likeness (QED) is 0.0872. The SMILES string of the molecule is O=C1O[C@@H](c2ccccc2)[C@@H](c2ccccc2)N2[C@@H](c3cccc(OCCO)c3)[C@]3(C(=O)Nc4ccc(C#CC5=CCCCC5)cc43)[C@@H](C(=O)NC[C@H](O)c3ccccc3)[C@H]12. The molecule has 4 aliphatic rings. The molecule has 1 spiro atoms. The van der Waals surface area contributed by atoms with Crippen LogP contribution < -0.4 is 15.4 Å². The van der Waals surface area contributed by atoms with E-state index in [4.69, 9.17) is 9.47 Å². The summed E-state index contributed by atoms with van der Waals surface area (Å²) in [7, 11) is 0. The summed E-state index contributed by atoms with van der Waals surface area (Å²) in [5.41, 5.74) is 3.83. The predicted octanol–water partition coefficient (Wildman–Crippen LogP) is 7.03. The summed E-state index contributed by atoms with van der Waals surface area (Å²) in [6, 6.07) is 38.2. The van der Waals surface area contributed by atoms with E-state index in [1.165, 1.54) is 0 Å². The molecule has 10 nitrogen and oxygen atoms in total. The first-order chi connectivity index (χ1) is 29.9. The van der Waals surface area contributed by atoms with E-state index in [1.807, 2.05) is 120 Å². The number of rotatable bonds is 10. The number of hydrogen-bond acceptors (Lipinski definition) is 8. The molecule has 5 aromatic carbocycles. The number of hydrogen-bond donors (Lipinski definition) is 4. The van der Waals surface area contributed by atoms with Gasteiger partial charge < -0.3 is 30.3 Å². The Morgan fingerprint density at radius 3 is 2.30 bits per heavy atom. The second-order valence-electron chi connectivity index (χ2n) is 16.0. The number of aliphatic hydroxyl groups excluding tert-OH is 2. The second kappa shape index (κ2) is 17.2. The van der Waals surface area contributed by atoms with E-state index < -0.39 is 59.5 Å². The minimum Gasteiger partial charge on any atom is -0.491 e. The van der Waals surface area contributed by atoms with Crippen molar-refractivity contribution < 1.29 is 34.1 Å². The summed E-state index contributed by atoms with van der Waals surface area (Å²) < 4.78 is 12.5. The molecule has 0 saturated carbocycles. The Morgan fingerprint density at radius 1 is 0.852 bits per heavy atom. The second-order valence-corrected chi connectivity index (χ2v) is 16.0. The van der Waals surface area contributed by atoms with Crippen LogP contribution in [0.5, 0.6) is 5.75 Å². The van der Waals surface area contributed by atoms with E-state index in [1.54, 1.807) is 18.2 Å². The molecule has 2 saturated heterocycles. The van der Waals surface area contributed by atoms with Gasteiger partial charge in [0.1, 0.15) is 29.9 Å². The number of morpholine rings is 1. The fourth-order valence-corrected chi connectivity index (χ4v) is 9.81. The molecular formula is C51H47N3O7. The van der Waals surface area contributed by atoms with Crippen molar-refractivity contribution >= 4 is 23.5 Å². The molecule has 61 heavy (non-hydrogen) atoms. The fraction of sp³-hybridized carbons (Fsp3) is 0.275. The van der Waals surface area contributed by atoms with E-state index >= 15 is 14.4 Å². The van der Waals surface area contributed by atoms with Crippen molar-refractivity contribution in [1.29, 1.82) is 0 Å². The molecule has 0 radical (unpaired) electrons. The minimum absolute atomic E-state index is 0.0389. The molecular weight excluding hydrogens is 767 g/mol. The highest BCUT2D eigenvalue weighted by molar-refractivity contribution is 6.12. The Balaban J connectivity index is 1.29. The minimum atomic E-state index is -1.74. The molecule has 5 aromatic rings. The standard InChI is InChI=1S/C51H47N3O7/c55-28-29-60-39-23-13-22-38(31-39)47-51(40-30-34(26-27-41(40)53-50(51)59)25-24-33-14-5-1-6-15-33)43(48(57)52-32-42(56)35-16-7-2-8-17-35)45-49(58)61-46(37-20-11-4-12-21-37)44(54(45)47)36-18-9-3-10-19-36/h2-4,7-14,16-23,26-27,30-31,42-47,55-56H,1,5-6,15,28-29,32H2,(H,52,57)(H,53,59)/t42-,43+,44+,45+,46-,47-,51+/m0/s1. The number of fused-ring (bicyclic) bond motifs is 3. The number of esters is 1. The molecule has 0 bridgehead atoms. The normalized spacial score (nSPS) is 24.6. The van der Waals surface area contributed by atoms with Gasteiger partial charge in [-0.1, -0.05) is 121 Å². The number of carbonyl (C=O) groups is 3. The van der Waals surface area contributed by atoms with E-state index in [-0.39, 0.29) is 19.8 Å². The van der Waals surface area contributed by atoms with Gasteiger partial charge in [0.2, 0.25) is 11.8 Å². The molecule has 308 valence electrons. The zero-order valence-corrected chi connectivity index (χ0v) is 33.6. The third-order valence-corrected chi connectivity index (χ3v) is 12.4. The topological polar surface area (TPSA) is 137 Å². The first-order valence-electron chi connectivity index (χ1n) is 21.0. The molecule has 7 atom stereocenters. The lowest BCUT2D eigenvalue weighted by molar-refractivity contribution is -0.178. The molecule has 10 heteroatoms. The molecule has 3 aliphatic heterocycles. The van der Waals surface area contributed by atoms with Crippen LogP contribution in [-0.2, 0) is 24.5 Å². The number of aliphatic hydroxyl groups is 2. The average Bonchev–Trinajstić information content (AvgIpc) is 3.79. The number of cyclic esters (lactones) is 1. The number of carbonyl (C=O) groups excluding carboxylic acids is 3. The van der Waals surface area contributed by atoms with E-state index in [0.717, 1.165) is 42.4 Å². The number of allylic oxidation sites excluding steroid dienone is 2. The van der Waals surface area contributed by atoms with E-state index in [0.29, 0.717) is 33.7 Å². The summed E-state index contributed by atoms with van der Waals surface area (Å²) in [6.45, 7) is -0.340. The van der Waals surface area contributed by atoms with Crippen molar-refractivity contribution in [2.45, 2.75) is 61.4 Å². The summed E-state index contributed by atoms with van der Waals surface area (Å²) in [5.74, 6) is 4.10. The lowest BCUT2D eigenvalue weighted by Crippen LogP contribution is -2.55. The third-order valence-electron chi connectivity index (χ3n) is 12.4. The number of anilines is 1. The van der Waals surface area contributed by atoms with Gasteiger partial charge in [0.25, 0.3) is 0 Å². The van der Waals surface area contributed by atoms with Gasteiger partial charge >= 0.3 is 5.97 Å². The predicted molar refractivity (Wildman–Crippen MR) is 230 cm³/mol. The van der Waals surface area contributed by atoms with Crippen LogP contribution in [0.3, 0.4) is 0 Å². The van der Waals surface area contributed by atoms with Crippen molar-refractivity contribution in [1.82, 2.24) is 10.2 Å². The van der Waals surface area contributed by atoms with Crippen molar-refractivity contribution in [3.63, 3.8) is 0 Å². The van der Waals surface area contributed by atoms with Gasteiger partial charge in [0, 0.05) is 17.8 Å². The molecule has 0 aromatic heterocycles. The Morgan fingerprint density at radius 2 is 1.57 bits per heavy atom. The van der Waals surface area contributed by atoms with Gasteiger partial charge in [-0.2, -0.15) is 0 Å². The summed E-state index contributed by atoms with van der Waals surface area (Å²) in [5, 5.41) is 27.1. The molecule has 1 aliphatic carbocycles. The maximum absolute atomic E-state index is 15.5. The van der Waals surface area contributed by atoms with Gasteiger partial charge in [-0.3, -0.25) is 19.3 Å². The molecule has 3 heterocycles. The number of nitrogens with zero attached hydrogens (tertiary/aromatic N) is 1. The van der Waals surface area contributed by atoms with Gasteiger partial charge in [-0.25, -0.2) is 0 Å². The van der Waals surface area contributed by atoms with Crippen molar-refractivity contribution in [2.75, 3.05) is 25.1 Å². The van der Waals surface area contributed by atoms with Gasteiger partial charge in [0.05, 0.1) is 30.7 Å². The summed E-state index contributed by atoms with van der Waals surface area (Å²) in [4.78, 5) is 48.0. The highest BCUT2D eigenvalue weighted by Crippen LogP contribution is 2.65. The molecule has 9 rings (SSSR count). The van der Waals surface area contributed by atoms with Crippen LogP contribution in [0.1, 0.15) is 83.4 Å². The van der Waals surface area contributed by atoms with Gasteiger partial charge in [-0.15, -0.1) is 0 Å². The average molecular weight is 814 g/mol.